The summed E-state index contributed by atoms with van der Waals surface area (Å²) >= 11 is 0. The Morgan fingerprint density at radius 1 is 0.655 bits per heavy atom. The van der Waals surface area contributed by atoms with Crippen molar-refractivity contribution in [1.29, 1.82) is 0 Å². The second-order valence-electron chi connectivity index (χ2n) is 8.59. The van der Waals surface area contributed by atoms with E-state index in [9.17, 15) is 10.2 Å². The number of hydrogen-bond donors (Lipinski definition) is 2. The van der Waals surface area contributed by atoms with E-state index in [4.69, 9.17) is 9.47 Å². The molecule has 29 heavy (non-hydrogen) atoms. The van der Waals surface area contributed by atoms with Crippen LogP contribution in [0.25, 0.3) is 0 Å². The monoisotopic (exact) mass is 417 g/mol. The smallest absolute Gasteiger partial charge is 0.230 e. The molecule has 0 aliphatic carbocycles. The quantitative estimate of drug-likeness (QED) is 0.191. The zero-order valence-corrected chi connectivity index (χ0v) is 20.1. The predicted octanol–water partition coefficient (Wildman–Crippen LogP) is 5.48. The number of rotatable bonds is 21. The fourth-order valence-electron chi connectivity index (χ4n) is 3.70. The summed E-state index contributed by atoms with van der Waals surface area (Å²) in [7, 11) is 0. The van der Waals surface area contributed by atoms with Crippen LogP contribution in [0.1, 0.15) is 112 Å². The van der Waals surface area contributed by atoms with E-state index in [1.54, 1.807) is 13.8 Å². The lowest BCUT2D eigenvalue weighted by atomic mass is 10.0. The van der Waals surface area contributed by atoms with E-state index in [0.29, 0.717) is 26.3 Å². The Kier molecular flexibility index (Phi) is 18.4. The first-order valence-electron chi connectivity index (χ1n) is 12.3. The summed E-state index contributed by atoms with van der Waals surface area (Å²) < 4.78 is 12.6. The van der Waals surface area contributed by atoms with Gasteiger partial charge in [0.15, 0.2) is 0 Å². The van der Waals surface area contributed by atoms with Gasteiger partial charge in [0.05, 0.1) is 25.4 Å². The Hall–Kier alpha value is -0.200. The van der Waals surface area contributed by atoms with Gasteiger partial charge in [0.1, 0.15) is 0 Å². The molecule has 0 fully saturated rings. The highest BCUT2D eigenvalue weighted by atomic mass is 16.7. The molecule has 2 N–H and O–H groups in total. The van der Waals surface area contributed by atoms with Crippen molar-refractivity contribution >= 4 is 0 Å². The lowest BCUT2D eigenvalue weighted by Crippen LogP contribution is -2.57. The van der Waals surface area contributed by atoms with Crippen molar-refractivity contribution in [3.63, 3.8) is 0 Å². The topological polar surface area (TPSA) is 62.2 Å². The minimum Gasteiger partial charge on any atom is -0.392 e. The minimum absolute atomic E-state index is 0.426. The van der Waals surface area contributed by atoms with Crippen molar-refractivity contribution in [3.05, 3.63) is 0 Å². The fraction of sp³-hybridized carbons (Fsp3) is 1.00. The number of nitrogens with zero attached hydrogens (tertiary/aromatic N) is 1. The molecule has 0 spiro atoms. The Bertz CT molecular complexity index is 332. The molecule has 5 nitrogen and oxygen atoms in total. The van der Waals surface area contributed by atoms with Gasteiger partial charge in [-0.1, -0.05) is 72.1 Å². The summed E-state index contributed by atoms with van der Waals surface area (Å²) in [4.78, 5) is 2.01. The molecule has 0 aromatic heterocycles. The second kappa shape index (κ2) is 18.6. The van der Waals surface area contributed by atoms with Crippen molar-refractivity contribution in [2.75, 3.05) is 26.3 Å². The van der Waals surface area contributed by atoms with E-state index >= 15 is 0 Å². The van der Waals surface area contributed by atoms with Crippen LogP contribution in [0.5, 0.6) is 0 Å². The Labute approximate surface area is 181 Å². The number of ether oxygens (including phenoxy) is 2. The normalized spacial score (nSPS) is 14.5. The maximum absolute atomic E-state index is 10.0. The third-order valence-corrected chi connectivity index (χ3v) is 5.11. The molecule has 0 aliphatic heterocycles. The fourth-order valence-corrected chi connectivity index (χ4v) is 3.70. The van der Waals surface area contributed by atoms with E-state index in [1.165, 1.54) is 44.9 Å². The van der Waals surface area contributed by atoms with Crippen molar-refractivity contribution in [2.45, 2.75) is 130 Å². The predicted molar refractivity (Wildman–Crippen MR) is 122 cm³/mol. The molecule has 0 saturated carbocycles. The minimum atomic E-state index is -0.860. The molecule has 0 aromatic carbocycles. The molecular weight excluding hydrogens is 366 g/mol. The Balaban J connectivity index is 4.89. The highest BCUT2D eigenvalue weighted by molar-refractivity contribution is 4.77. The van der Waals surface area contributed by atoms with Crippen molar-refractivity contribution in [1.82, 2.24) is 4.90 Å². The van der Waals surface area contributed by atoms with Gasteiger partial charge in [-0.25, -0.2) is 4.90 Å². The molecule has 176 valence electrons. The van der Waals surface area contributed by atoms with Crippen LogP contribution in [0.2, 0.25) is 0 Å². The zero-order chi connectivity index (χ0) is 22.0. The van der Waals surface area contributed by atoms with Gasteiger partial charge in [-0.15, -0.1) is 0 Å². The standard InChI is InChI=1S/C24H51NO4/c1-6-9-10-11-12-13-14-15-16-17-24(28-18-7-2,29-19-8-3)25(20-22(4)26)21-23(5)27/h22-23,26-27H,6-21H2,1-5H3. The van der Waals surface area contributed by atoms with Crippen LogP contribution in [0.3, 0.4) is 0 Å². The van der Waals surface area contributed by atoms with Crippen LogP contribution in [0.15, 0.2) is 0 Å². The highest BCUT2D eigenvalue weighted by Crippen LogP contribution is 2.28. The van der Waals surface area contributed by atoms with Gasteiger partial charge in [-0.2, -0.15) is 0 Å². The summed E-state index contributed by atoms with van der Waals surface area (Å²) in [5.74, 6) is -0.860. The maximum Gasteiger partial charge on any atom is 0.230 e. The van der Waals surface area contributed by atoms with E-state index < -0.39 is 18.1 Å². The molecule has 0 radical (unpaired) electrons. The van der Waals surface area contributed by atoms with Crippen molar-refractivity contribution in [2.24, 2.45) is 0 Å². The van der Waals surface area contributed by atoms with Crippen LogP contribution >= 0.6 is 0 Å². The first-order valence-corrected chi connectivity index (χ1v) is 12.3. The molecule has 0 amide bonds. The number of unbranched alkanes of at least 4 members (excludes halogenated alkanes) is 8. The van der Waals surface area contributed by atoms with Crippen LogP contribution < -0.4 is 0 Å². The summed E-state index contributed by atoms with van der Waals surface area (Å²) in [6.45, 7) is 12.1. The Morgan fingerprint density at radius 3 is 1.45 bits per heavy atom. The van der Waals surface area contributed by atoms with Gasteiger partial charge in [0.2, 0.25) is 5.91 Å². The lowest BCUT2D eigenvalue weighted by Gasteiger charge is -2.44. The number of aliphatic hydroxyl groups is 2. The SMILES string of the molecule is CCCCCCCCCCCC(OCCC)(OCCC)N(CC(C)O)CC(C)O. The first kappa shape index (κ1) is 28.8. The molecule has 0 heterocycles. The molecular formula is C24H51NO4. The Morgan fingerprint density at radius 2 is 1.07 bits per heavy atom. The van der Waals surface area contributed by atoms with Gasteiger partial charge >= 0.3 is 0 Å². The maximum atomic E-state index is 10.0. The van der Waals surface area contributed by atoms with E-state index in [1.807, 2.05) is 4.90 Å². The van der Waals surface area contributed by atoms with Crippen LogP contribution in [-0.4, -0.2) is 59.5 Å². The van der Waals surface area contributed by atoms with Crippen LogP contribution in [0.4, 0.5) is 0 Å². The summed E-state index contributed by atoms with van der Waals surface area (Å²) in [5, 5.41) is 20.1. The molecule has 0 bridgehead atoms. The van der Waals surface area contributed by atoms with Gasteiger partial charge in [0.25, 0.3) is 0 Å². The van der Waals surface area contributed by atoms with Crippen molar-refractivity contribution in [3.8, 4) is 0 Å². The van der Waals surface area contributed by atoms with E-state index in [-0.39, 0.29) is 0 Å². The largest absolute Gasteiger partial charge is 0.392 e. The molecule has 0 aromatic rings. The van der Waals surface area contributed by atoms with Gasteiger partial charge in [-0.05, 0) is 33.1 Å². The third-order valence-electron chi connectivity index (χ3n) is 5.11. The average Bonchev–Trinajstić information content (AvgIpc) is 2.67. The van der Waals surface area contributed by atoms with Gasteiger partial charge in [0, 0.05) is 19.5 Å². The summed E-state index contributed by atoms with van der Waals surface area (Å²) in [6.07, 6.45) is 13.0. The van der Waals surface area contributed by atoms with Gasteiger partial charge in [-0.3, -0.25) is 0 Å². The van der Waals surface area contributed by atoms with E-state index in [2.05, 4.69) is 20.8 Å². The van der Waals surface area contributed by atoms with Gasteiger partial charge < -0.3 is 19.7 Å². The lowest BCUT2D eigenvalue weighted by molar-refractivity contribution is -0.328. The highest BCUT2D eigenvalue weighted by Gasteiger charge is 2.39. The average molecular weight is 418 g/mol. The summed E-state index contributed by atoms with van der Waals surface area (Å²) in [6, 6.07) is 0. The zero-order valence-electron chi connectivity index (χ0n) is 20.1. The first-order chi connectivity index (χ1) is 13.9. The number of hydrogen-bond acceptors (Lipinski definition) is 5. The molecule has 2 unspecified atom stereocenters. The van der Waals surface area contributed by atoms with Crippen LogP contribution in [0, 0.1) is 0 Å². The third kappa shape index (κ3) is 14.4. The second-order valence-corrected chi connectivity index (χ2v) is 8.59. The molecule has 2 atom stereocenters. The van der Waals surface area contributed by atoms with Crippen molar-refractivity contribution < 1.29 is 19.7 Å². The molecule has 0 rings (SSSR count). The van der Waals surface area contributed by atoms with E-state index in [0.717, 1.165) is 32.1 Å². The molecule has 0 aliphatic rings. The van der Waals surface area contributed by atoms with Crippen LogP contribution in [-0.2, 0) is 9.47 Å². The molecule has 5 heteroatoms. The number of aliphatic hydroxyl groups excluding tert-OH is 2. The summed E-state index contributed by atoms with van der Waals surface area (Å²) in [5.41, 5.74) is 0. The molecule has 0 saturated heterocycles.